The van der Waals surface area contributed by atoms with Gasteiger partial charge in [-0.15, -0.1) is 0 Å². The van der Waals surface area contributed by atoms with E-state index in [1.165, 1.54) is 5.56 Å². The predicted octanol–water partition coefficient (Wildman–Crippen LogP) is 7.53. The van der Waals surface area contributed by atoms with E-state index in [4.69, 9.17) is 16.6 Å². The Morgan fingerprint density at radius 2 is 1.67 bits per heavy atom. The zero-order chi connectivity index (χ0) is 21.5. The SMILES string of the molecule is C=Cc1c(-c2nc3ccc(C(C)(C)C)cc3[nH]2)ccc(-c2ncccc2Cl)c1C=C. The van der Waals surface area contributed by atoms with E-state index < -0.39 is 0 Å². The Hall–Kier alpha value is -3.17. The number of imidazole rings is 1. The van der Waals surface area contributed by atoms with Crippen LogP contribution in [0.5, 0.6) is 0 Å². The van der Waals surface area contributed by atoms with Crippen LogP contribution in [-0.4, -0.2) is 15.0 Å². The topological polar surface area (TPSA) is 41.6 Å². The van der Waals surface area contributed by atoms with Crippen molar-refractivity contribution in [1.82, 2.24) is 15.0 Å². The molecule has 2 aromatic heterocycles. The van der Waals surface area contributed by atoms with E-state index in [9.17, 15) is 0 Å². The third kappa shape index (κ3) is 3.46. The molecule has 2 heterocycles. The molecule has 0 aliphatic heterocycles. The summed E-state index contributed by atoms with van der Waals surface area (Å²) in [5, 5.41) is 0.599. The van der Waals surface area contributed by atoms with Gasteiger partial charge in [0.05, 0.1) is 21.7 Å². The van der Waals surface area contributed by atoms with Gasteiger partial charge in [0, 0.05) is 17.3 Å². The summed E-state index contributed by atoms with van der Waals surface area (Å²) >= 11 is 6.40. The third-order valence-corrected chi connectivity index (χ3v) is 5.62. The summed E-state index contributed by atoms with van der Waals surface area (Å²) in [6.45, 7) is 14.7. The van der Waals surface area contributed by atoms with Crippen LogP contribution in [0.2, 0.25) is 5.02 Å². The molecule has 4 rings (SSSR count). The highest BCUT2D eigenvalue weighted by molar-refractivity contribution is 6.33. The van der Waals surface area contributed by atoms with E-state index in [0.717, 1.165) is 44.8 Å². The molecule has 0 aliphatic carbocycles. The van der Waals surface area contributed by atoms with Gasteiger partial charge in [0.15, 0.2) is 0 Å². The normalized spacial score (nSPS) is 11.6. The molecule has 0 bridgehead atoms. The summed E-state index contributed by atoms with van der Waals surface area (Å²) < 4.78 is 0. The van der Waals surface area contributed by atoms with E-state index in [-0.39, 0.29) is 5.41 Å². The van der Waals surface area contributed by atoms with Crippen LogP contribution < -0.4 is 0 Å². The standard InChI is InChI=1S/C26H24ClN3/c1-6-17-18(7-2)20(12-11-19(17)24-21(27)9-8-14-28-24)25-29-22-13-10-16(26(3,4)5)15-23(22)30-25/h6-15H,1-2H2,3-5H3,(H,29,30). The average molecular weight is 414 g/mol. The number of fused-ring (bicyclic) bond motifs is 1. The Balaban J connectivity index is 1.90. The smallest absolute Gasteiger partial charge is 0.139 e. The lowest BCUT2D eigenvalue weighted by Gasteiger charge is -2.18. The van der Waals surface area contributed by atoms with Crippen LogP contribution >= 0.6 is 11.6 Å². The first-order chi connectivity index (χ1) is 14.3. The van der Waals surface area contributed by atoms with Crippen molar-refractivity contribution < 1.29 is 0 Å². The molecule has 3 nitrogen and oxygen atoms in total. The Bertz CT molecular complexity index is 1280. The summed E-state index contributed by atoms with van der Waals surface area (Å²) in [6.07, 6.45) is 5.39. The number of H-pyrrole nitrogens is 1. The number of aromatic amines is 1. The molecule has 0 amide bonds. The number of rotatable bonds is 4. The van der Waals surface area contributed by atoms with Crippen LogP contribution in [0, 0.1) is 0 Å². The molecule has 150 valence electrons. The molecular formula is C26H24ClN3. The number of nitrogens with zero attached hydrogens (tertiary/aromatic N) is 2. The second kappa shape index (κ2) is 7.58. The number of halogens is 1. The van der Waals surface area contributed by atoms with Gasteiger partial charge < -0.3 is 4.98 Å². The number of hydrogen-bond acceptors (Lipinski definition) is 2. The highest BCUT2D eigenvalue weighted by Crippen LogP contribution is 2.36. The largest absolute Gasteiger partial charge is 0.338 e. The van der Waals surface area contributed by atoms with E-state index in [1.807, 2.05) is 36.4 Å². The first kappa shape index (κ1) is 20.1. The van der Waals surface area contributed by atoms with Crippen molar-refractivity contribution in [2.24, 2.45) is 0 Å². The molecule has 0 atom stereocenters. The van der Waals surface area contributed by atoms with E-state index in [0.29, 0.717) is 5.02 Å². The zero-order valence-corrected chi connectivity index (χ0v) is 18.2. The minimum Gasteiger partial charge on any atom is -0.338 e. The van der Waals surface area contributed by atoms with Gasteiger partial charge in [-0.1, -0.05) is 69.8 Å². The molecule has 4 aromatic rings. The average Bonchev–Trinajstić information content (AvgIpc) is 3.15. The molecule has 0 spiro atoms. The number of hydrogen-bond donors (Lipinski definition) is 1. The van der Waals surface area contributed by atoms with Crippen molar-refractivity contribution in [2.45, 2.75) is 26.2 Å². The maximum Gasteiger partial charge on any atom is 0.139 e. The maximum atomic E-state index is 6.40. The predicted molar refractivity (Wildman–Crippen MR) is 129 cm³/mol. The molecule has 0 saturated heterocycles. The van der Waals surface area contributed by atoms with Crippen LogP contribution in [0.3, 0.4) is 0 Å². The first-order valence-electron chi connectivity index (χ1n) is 9.87. The lowest BCUT2D eigenvalue weighted by Crippen LogP contribution is -2.10. The molecule has 0 aliphatic rings. The molecule has 30 heavy (non-hydrogen) atoms. The fourth-order valence-electron chi connectivity index (χ4n) is 3.68. The first-order valence-corrected chi connectivity index (χ1v) is 10.2. The van der Waals surface area contributed by atoms with Crippen LogP contribution in [0.1, 0.15) is 37.5 Å². The van der Waals surface area contributed by atoms with Gasteiger partial charge in [-0.25, -0.2) is 4.98 Å². The Morgan fingerprint density at radius 1 is 0.967 bits per heavy atom. The fraction of sp³-hybridized carbons (Fsp3) is 0.154. The number of pyridine rings is 1. The van der Waals surface area contributed by atoms with E-state index in [2.05, 4.69) is 62.1 Å². The molecule has 0 saturated carbocycles. The van der Waals surface area contributed by atoms with Crippen molar-refractivity contribution in [3.8, 4) is 22.6 Å². The number of nitrogens with one attached hydrogen (secondary N) is 1. The summed E-state index contributed by atoms with van der Waals surface area (Å²) in [7, 11) is 0. The second-order valence-corrected chi connectivity index (χ2v) is 8.70. The molecule has 1 N–H and O–H groups in total. The molecule has 4 heteroatoms. The minimum atomic E-state index is 0.0748. The van der Waals surface area contributed by atoms with Crippen molar-refractivity contribution in [3.05, 3.63) is 83.5 Å². The lowest BCUT2D eigenvalue weighted by atomic mass is 9.87. The summed E-state index contributed by atoms with van der Waals surface area (Å²) in [6, 6.07) is 14.1. The summed E-state index contributed by atoms with van der Waals surface area (Å²) in [5.41, 5.74) is 7.77. The molecule has 2 aromatic carbocycles. The second-order valence-electron chi connectivity index (χ2n) is 8.30. The molecular weight excluding hydrogens is 390 g/mol. The molecule has 0 fully saturated rings. The Morgan fingerprint density at radius 3 is 2.33 bits per heavy atom. The van der Waals surface area contributed by atoms with Crippen LogP contribution in [0.25, 0.3) is 45.8 Å². The lowest BCUT2D eigenvalue weighted by molar-refractivity contribution is 0.591. The number of aromatic nitrogens is 3. The van der Waals surface area contributed by atoms with Gasteiger partial charge >= 0.3 is 0 Å². The number of benzene rings is 2. The highest BCUT2D eigenvalue weighted by atomic mass is 35.5. The van der Waals surface area contributed by atoms with Crippen molar-refractivity contribution in [1.29, 1.82) is 0 Å². The summed E-state index contributed by atoms with van der Waals surface area (Å²) in [5.74, 6) is 0.799. The Labute approximate surface area is 182 Å². The van der Waals surface area contributed by atoms with Gasteiger partial charge in [-0.2, -0.15) is 0 Å². The maximum absolute atomic E-state index is 6.40. The Kier molecular flexibility index (Phi) is 5.08. The van der Waals surface area contributed by atoms with Gasteiger partial charge in [-0.05, 0) is 52.4 Å². The van der Waals surface area contributed by atoms with Gasteiger partial charge in [0.25, 0.3) is 0 Å². The minimum absolute atomic E-state index is 0.0748. The third-order valence-electron chi connectivity index (χ3n) is 5.31. The highest BCUT2D eigenvalue weighted by Gasteiger charge is 2.18. The fourth-order valence-corrected chi connectivity index (χ4v) is 3.90. The molecule has 0 unspecified atom stereocenters. The molecule has 0 radical (unpaired) electrons. The van der Waals surface area contributed by atoms with Crippen molar-refractivity contribution >= 4 is 34.8 Å². The van der Waals surface area contributed by atoms with Gasteiger partial charge in [0.2, 0.25) is 0 Å². The van der Waals surface area contributed by atoms with Crippen LogP contribution in [0.15, 0.2) is 61.8 Å². The quantitative estimate of drug-likeness (QED) is 0.375. The van der Waals surface area contributed by atoms with Gasteiger partial charge in [0.1, 0.15) is 5.82 Å². The zero-order valence-electron chi connectivity index (χ0n) is 17.5. The van der Waals surface area contributed by atoms with Gasteiger partial charge in [-0.3, -0.25) is 4.98 Å². The summed E-state index contributed by atoms with van der Waals surface area (Å²) in [4.78, 5) is 12.8. The monoisotopic (exact) mass is 413 g/mol. The van der Waals surface area contributed by atoms with Crippen molar-refractivity contribution in [2.75, 3.05) is 0 Å². The van der Waals surface area contributed by atoms with Crippen LogP contribution in [-0.2, 0) is 5.41 Å². The van der Waals surface area contributed by atoms with E-state index in [1.54, 1.807) is 6.20 Å². The van der Waals surface area contributed by atoms with E-state index >= 15 is 0 Å². The van der Waals surface area contributed by atoms with Crippen LogP contribution in [0.4, 0.5) is 0 Å². The van der Waals surface area contributed by atoms with Crippen molar-refractivity contribution in [3.63, 3.8) is 0 Å².